The van der Waals surface area contributed by atoms with Crippen LogP contribution in [0, 0.1) is 10.1 Å². The van der Waals surface area contributed by atoms with Crippen LogP contribution >= 0.6 is 0 Å². The Morgan fingerprint density at radius 3 is 0.857 bits per heavy atom. The molecular formula is C24H20CuNO2. The van der Waals surface area contributed by atoms with E-state index in [-0.39, 0.29) is 3.94 Å². The SMILES string of the molecule is O=[N+]([O-])[Cu]([c]1ccccc1)([c]1ccccc1)([c]1ccccc1)[c]1ccccc1. The molecule has 0 heterocycles. The second-order valence-electron chi connectivity index (χ2n) is 5.91. The summed E-state index contributed by atoms with van der Waals surface area (Å²) in [6.45, 7) is 0. The van der Waals surface area contributed by atoms with E-state index in [1.165, 1.54) is 0 Å². The van der Waals surface area contributed by atoms with Gasteiger partial charge >= 0.3 is 165 Å². The third-order valence-electron chi connectivity index (χ3n) is 4.41. The average molecular weight is 418 g/mol. The minimum atomic E-state index is -3.80. The second-order valence-corrected chi connectivity index (χ2v) is 10.7. The van der Waals surface area contributed by atoms with Gasteiger partial charge in [0.25, 0.3) is 0 Å². The van der Waals surface area contributed by atoms with Crippen LogP contribution < -0.4 is 17.8 Å². The summed E-state index contributed by atoms with van der Waals surface area (Å²) < 4.78 is 2.75. The second kappa shape index (κ2) is 7.08. The Hall–Kier alpha value is -3.20. The summed E-state index contributed by atoms with van der Waals surface area (Å²) in [6, 6.07) is 37.7. The molecule has 0 fully saturated rings. The minimum absolute atomic E-state index is 0.0394. The molecular weight excluding hydrogens is 398 g/mol. The van der Waals surface area contributed by atoms with Crippen molar-refractivity contribution in [3.63, 3.8) is 0 Å². The van der Waals surface area contributed by atoms with Crippen LogP contribution in [0.25, 0.3) is 0 Å². The molecule has 0 amide bonds. The molecule has 4 rings (SSSR count). The van der Waals surface area contributed by atoms with Gasteiger partial charge in [-0.2, -0.15) is 0 Å². The van der Waals surface area contributed by atoms with Crippen molar-refractivity contribution >= 4 is 17.8 Å². The summed E-state index contributed by atoms with van der Waals surface area (Å²) in [5.74, 6) is 0. The van der Waals surface area contributed by atoms with Gasteiger partial charge in [0.15, 0.2) is 0 Å². The maximum absolute atomic E-state index is 13.4. The molecule has 4 aromatic carbocycles. The molecule has 0 aliphatic rings. The van der Waals surface area contributed by atoms with E-state index in [4.69, 9.17) is 0 Å². The zero-order chi connectivity index (χ0) is 19.5. The van der Waals surface area contributed by atoms with Crippen LogP contribution in [0.5, 0.6) is 0 Å². The quantitative estimate of drug-likeness (QED) is 0.284. The fourth-order valence-corrected chi connectivity index (χ4v) is 9.09. The van der Waals surface area contributed by atoms with Crippen molar-refractivity contribution in [1.29, 1.82) is 0 Å². The van der Waals surface area contributed by atoms with Crippen molar-refractivity contribution in [3.05, 3.63) is 131 Å². The van der Waals surface area contributed by atoms with Gasteiger partial charge in [0, 0.05) is 0 Å². The van der Waals surface area contributed by atoms with E-state index < -0.39 is 12.0 Å². The number of rotatable bonds is 5. The fourth-order valence-electron chi connectivity index (χ4n) is 3.24. The molecule has 0 saturated heterocycles. The van der Waals surface area contributed by atoms with Gasteiger partial charge in [0.2, 0.25) is 0 Å². The number of nitrogens with zero attached hydrogens (tertiary/aromatic N) is 1. The topological polar surface area (TPSA) is 43.1 Å². The van der Waals surface area contributed by atoms with Crippen molar-refractivity contribution in [3.8, 4) is 0 Å². The van der Waals surface area contributed by atoms with E-state index in [1.54, 1.807) is 0 Å². The molecule has 28 heavy (non-hydrogen) atoms. The molecule has 4 heteroatoms. The van der Waals surface area contributed by atoms with Crippen LogP contribution in [0.15, 0.2) is 121 Å². The van der Waals surface area contributed by atoms with E-state index in [0.717, 1.165) is 0 Å². The van der Waals surface area contributed by atoms with Gasteiger partial charge in [-0.15, -0.1) is 0 Å². The van der Waals surface area contributed by atoms with Crippen LogP contribution in [0.4, 0.5) is 0 Å². The molecule has 0 N–H and O–H groups in total. The molecule has 0 unspecified atom stereocenters. The van der Waals surface area contributed by atoms with E-state index in [9.17, 15) is 10.1 Å². The summed E-state index contributed by atoms with van der Waals surface area (Å²) in [5.41, 5.74) is 0. The fraction of sp³-hybridized carbons (Fsp3) is 0. The van der Waals surface area contributed by atoms with Crippen LogP contribution in [-0.4, -0.2) is 3.94 Å². The van der Waals surface area contributed by atoms with Crippen molar-refractivity contribution in [2.24, 2.45) is 0 Å². The molecule has 0 aromatic heterocycles. The Bertz CT molecular complexity index is 915. The zero-order valence-electron chi connectivity index (χ0n) is 15.1. The predicted molar refractivity (Wildman–Crippen MR) is 111 cm³/mol. The Balaban J connectivity index is 2.34. The average Bonchev–Trinajstić information content (AvgIpc) is 2.78. The Labute approximate surface area is 165 Å². The maximum atomic E-state index is 13.4. The Morgan fingerprint density at radius 2 is 0.679 bits per heavy atom. The van der Waals surface area contributed by atoms with Gasteiger partial charge in [-0.1, -0.05) is 0 Å². The van der Waals surface area contributed by atoms with E-state index in [2.05, 4.69) is 0 Å². The normalized spacial score (nSPS) is 12.6. The monoisotopic (exact) mass is 417 g/mol. The van der Waals surface area contributed by atoms with Gasteiger partial charge < -0.3 is 0 Å². The molecule has 0 bridgehead atoms. The molecule has 3 nitrogen and oxygen atoms in total. The molecule has 4 aromatic rings. The van der Waals surface area contributed by atoms with E-state index >= 15 is 0 Å². The van der Waals surface area contributed by atoms with Crippen LogP contribution in [-0.2, 0) is 12.0 Å². The van der Waals surface area contributed by atoms with Crippen molar-refractivity contribution in [1.82, 2.24) is 0 Å². The molecule has 144 valence electrons. The van der Waals surface area contributed by atoms with Gasteiger partial charge in [-0.05, 0) is 0 Å². The molecule has 0 atom stereocenters. The molecule has 0 radical (unpaired) electrons. The molecule has 0 aliphatic heterocycles. The van der Waals surface area contributed by atoms with Crippen LogP contribution in [0.3, 0.4) is 0 Å². The first-order valence-corrected chi connectivity index (χ1v) is 11.1. The third kappa shape index (κ3) is 2.29. The molecule has 0 aliphatic carbocycles. The Kier molecular flexibility index (Phi) is 4.60. The van der Waals surface area contributed by atoms with Gasteiger partial charge in [0.05, 0.1) is 0 Å². The first kappa shape index (κ1) is 18.2. The first-order valence-electron chi connectivity index (χ1n) is 8.75. The Morgan fingerprint density at radius 1 is 0.464 bits per heavy atom. The summed E-state index contributed by atoms with van der Waals surface area (Å²) in [7, 11) is 0. The number of hydrogen-bond donors (Lipinski definition) is 0. The van der Waals surface area contributed by atoms with Crippen molar-refractivity contribution in [2.45, 2.75) is 0 Å². The predicted octanol–water partition coefficient (Wildman–Crippen LogP) is 3.17. The van der Waals surface area contributed by atoms with Crippen molar-refractivity contribution in [2.75, 3.05) is 0 Å². The van der Waals surface area contributed by atoms with Crippen LogP contribution in [0.2, 0.25) is 0 Å². The third-order valence-corrected chi connectivity index (χ3v) is 10.6. The van der Waals surface area contributed by atoms with Gasteiger partial charge in [-0.25, -0.2) is 0 Å². The summed E-state index contributed by atoms with van der Waals surface area (Å²) in [5, 5.41) is 13.4. The number of hydrogen-bond acceptors (Lipinski definition) is 2. The van der Waals surface area contributed by atoms with E-state index in [1.807, 2.05) is 121 Å². The number of benzene rings is 4. The summed E-state index contributed by atoms with van der Waals surface area (Å²) >= 11 is -3.80. The zero-order valence-corrected chi connectivity index (χ0v) is 16.1. The van der Waals surface area contributed by atoms with Crippen LogP contribution in [0.1, 0.15) is 0 Å². The van der Waals surface area contributed by atoms with Gasteiger partial charge in [-0.3, -0.25) is 0 Å². The summed E-state index contributed by atoms with van der Waals surface area (Å²) in [4.78, 5) is 13.4. The summed E-state index contributed by atoms with van der Waals surface area (Å²) in [6.07, 6.45) is 0. The molecule has 0 spiro atoms. The molecule has 0 saturated carbocycles. The first-order chi connectivity index (χ1) is 13.7. The van der Waals surface area contributed by atoms with Gasteiger partial charge in [0.1, 0.15) is 0 Å². The van der Waals surface area contributed by atoms with Crippen molar-refractivity contribution < 1.29 is 15.9 Å². The standard InChI is InChI=1S/4C6H5.Cu.NO2/c4*1-2-4-6-5-3-1;;2-1-3/h4*1-5H;;. The van der Waals surface area contributed by atoms with E-state index in [0.29, 0.717) is 17.8 Å². The number of nitro groups is 1.